The fourth-order valence-electron chi connectivity index (χ4n) is 2.07. The molecule has 1 atom stereocenters. The van der Waals surface area contributed by atoms with E-state index in [0.717, 1.165) is 11.4 Å². The summed E-state index contributed by atoms with van der Waals surface area (Å²) in [5.41, 5.74) is 6.72. The summed E-state index contributed by atoms with van der Waals surface area (Å²) in [7, 11) is 1.42. The van der Waals surface area contributed by atoms with Gasteiger partial charge in [-0.1, -0.05) is 6.07 Å². The van der Waals surface area contributed by atoms with Gasteiger partial charge in [0.15, 0.2) is 0 Å². The molecule has 2 rings (SSSR count). The van der Waals surface area contributed by atoms with Crippen LogP contribution in [0.2, 0.25) is 0 Å². The molecular formula is C12H17N3O2. The number of rotatable bonds is 3. The Hall–Kier alpha value is -1.62. The van der Waals surface area contributed by atoms with Crippen LogP contribution in [-0.2, 0) is 9.53 Å². The Morgan fingerprint density at radius 1 is 1.59 bits per heavy atom. The summed E-state index contributed by atoms with van der Waals surface area (Å²) in [6.07, 6.45) is 2.40. The molecule has 0 radical (unpaired) electrons. The highest BCUT2D eigenvalue weighted by Gasteiger charge is 2.35. The number of anilines is 1. The number of nitrogens with zero attached hydrogens (tertiary/aromatic N) is 1. The summed E-state index contributed by atoms with van der Waals surface area (Å²) < 4.78 is 4.81. The molecule has 0 saturated heterocycles. The number of ether oxygens (including phenoxy) is 1. The minimum absolute atomic E-state index is 0.0767. The second kappa shape index (κ2) is 4.33. The molecule has 5 heteroatoms. The zero-order chi connectivity index (χ0) is 12.5. The molecule has 0 bridgehead atoms. The number of carbonyl (C=O) groups excluding carboxylic acids is 1. The molecule has 2 N–H and O–H groups in total. The van der Waals surface area contributed by atoms with Gasteiger partial charge in [-0.3, -0.25) is 4.79 Å². The van der Waals surface area contributed by atoms with E-state index in [9.17, 15) is 4.79 Å². The van der Waals surface area contributed by atoms with Gasteiger partial charge in [0.25, 0.3) is 0 Å². The standard InChI is InChI=1S/C12H17N3O2/c1-12(2,11(16)17-3)7-9-8-5-4-6-13-10(8)15-14-9/h4-6,9,14H,7H2,1-3H3,(H,13,15). The van der Waals surface area contributed by atoms with E-state index >= 15 is 0 Å². The lowest BCUT2D eigenvalue weighted by molar-refractivity contribution is -0.151. The molecule has 0 aromatic carbocycles. The predicted octanol–water partition coefficient (Wildman–Crippen LogP) is 1.64. The maximum atomic E-state index is 11.6. The van der Waals surface area contributed by atoms with Gasteiger partial charge in [-0.25, -0.2) is 10.4 Å². The highest BCUT2D eigenvalue weighted by atomic mass is 16.5. The van der Waals surface area contributed by atoms with Crippen molar-refractivity contribution in [2.75, 3.05) is 12.5 Å². The van der Waals surface area contributed by atoms with Crippen molar-refractivity contribution in [2.45, 2.75) is 26.3 Å². The van der Waals surface area contributed by atoms with Gasteiger partial charge in [0.1, 0.15) is 5.82 Å². The van der Waals surface area contributed by atoms with Crippen molar-refractivity contribution in [3.63, 3.8) is 0 Å². The average Bonchev–Trinajstić information content (AvgIpc) is 2.71. The third kappa shape index (κ3) is 2.24. The van der Waals surface area contributed by atoms with Crippen LogP contribution < -0.4 is 10.9 Å². The van der Waals surface area contributed by atoms with Crippen LogP contribution in [0.5, 0.6) is 0 Å². The van der Waals surface area contributed by atoms with E-state index in [1.807, 2.05) is 26.0 Å². The zero-order valence-electron chi connectivity index (χ0n) is 10.3. The Morgan fingerprint density at radius 3 is 3.06 bits per heavy atom. The molecule has 0 amide bonds. The summed E-state index contributed by atoms with van der Waals surface area (Å²) in [4.78, 5) is 15.9. The largest absolute Gasteiger partial charge is 0.469 e. The van der Waals surface area contributed by atoms with Gasteiger partial charge in [-0.05, 0) is 26.3 Å². The second-order valence-corrected chi connectivity index (χ2v) is 4.84. The monoisotopic (exact) mass is 235 g/mol. The molecule has 0 saturated carbocycles. The number of aromatic nitrogens is 1. The van der Waals surface area contributed by atoms with Crippen molar-refractivity contribution in [1.82, 2.24) is 10.4 Å². The van der Waals surface area contributed by atoms with Gasteiger partial charge in [0, 0.05) is 11.8 Å². The van der Waals surface area contributed by atoms with E-state index in [-0.39, 0.29) is 12.0 Å². The zero-order valence-corrected chi connectivity index (χ0v) is 10.3. The van der Waals surface area contributed by atoms with Crippen LogP contribution in [0.3, 0.4) is 0 Å². The van der Waals surface area contributed by atoms with Gasteiger partial charge in [-0.2, -0.15) is 0 Å². The molecule has 1 aromatic heterocycles. The summed E-state index contributed by atoms with van der Waals surface area (Å²) >= 11 is 0. The summed E-state index contributed by atoms with van der Waals surface area (Å²) in [6.45, 7) is 3.77. The Bertz CT molecular complexity index is 432. The molecule has 0 fully saturated rings. The molecule has 1 unspecified atom stereocenters. The molecule has 17 heavy (non-hydrogen) atoms. The number of carbonyl (C=O) groups is 1. The third-order valence-electron chi connectivity index (χ3n) is 3.03. The van der Waals surface area contributed by atoms with E-state index in [0.29, 0.717) is 6.42 Å². The molecule has 2 heterocycles. The Balaban J connectivity index is 2.14. The maximum absolute atomic E-state index is 11.6. The number of methoxy groups -OCH3 is 1. The van der Waals surface area contributed by atoms with Crippen molar-refractivity contribution < 1.29 is 9.53 Å². The van der Waals surface area contributed by atoms with Crippen LogP contribution in [0, 0.1) is 5.41 Å². The average molecular weight is 235 g/mol. The van der Waals surface area contributed by atoms with Crippen molar-refractivity contribution in [2.24, 2.45) is 5.41 Å². The topological polar surface area (TPSA) is 63.2 Å². The van der Waals surface area contributed by atoms with Gasteiger partial charge >= 0.3 is 5.97 Å². The Morgan fingerprint density at radius 2 is 2.35 bits per heavy atom. The lowest BCUT2D eigenvalue weighted by atomic mass is 9.84. The minimum atomic E-state index is -0.522. The smallest absolute Gasteiger partial charge is 0.311 e. The molecule has 1 aliphatic rings. The van der Waals surface area contributed by atoms with E-state index < -0.39 is 5.41 Å². The van der Waals surface area contributed by atoms with Gasteiger partial charge in [0.2, 0.25) is 0 Å². The number of hydrogen-bond acceptors (Lipinski definition) is 5. The first-order chi connectivity index (χ1) is 8.04. The molecule has 0 aliphatic carbocycles. The minimum Gasteiger partial charge on any atom is -0.469 e. The van der Waals surface area contributed by atoms with Gasteiger partial charge < -0.3 is 10.2 Å². The number of hydrogen-bond donors (Lipinski definition) is 2. The van der Waals surface area contributed by atoms with E-state index in [2.05, 4.69) is 15.8 Å². The van der Waals surface area contributed by atoms with Gasteiger partial charge in [-0.15, -0.1) is 0 Å². The summed E-state index contributed by atoms with van der Waals surface area (Å²) in [6, 6.07) is 3.98. The van der Waals surface area contributed by atoms with Crippen molar-refractivity contribution in [1.29, 1.82) is 0 Å². The van der Waals surface area contributed by atoms with E-state index in [1.165, 1.54) is 7.11 Å². The molecule has 1 aromatic rings. The first-order valence-electron chi connectivity index (χ1n) is 5.59. The Kier molecular flexibility index (Phi) is 3.02. The first kappa shape index (κ1) is 11.9. The van der Waals surface area contributed by atoms with Crippen LogP contribution in [0.1, 0.15) is 31.9 Å². The number of esters is 1. The molecule has 92 valence electrons. The lowest BCUT2D eigenvalue weighted by Crippen LogP contribution is -2.31. The summed E-state index contributed by atoms with van der Waals surface area (Å²) in [5.74, 6) is 0.634. The SMILES string of the molecule is COC(=O)C(C)(C)CC1NNc2ncccc21. The lowest BCUT2D eigenvalue weighted by Gasteiger charge is -2.24. The molecular weight excluding hydrogens is 218 g/mol. The van der Waals surface area contributed by atoms with Gasteiger partial charge in [0.05, 0.1) is 18.6 Å². The van der Waals surface area contributed by atoms with Crippen molar-refractivity contribution in [3.8, 4) is 0 Å². The predicted molar refractivity (Wildman–Crippen MR) is 64.2 cm³/mol. The number of nitrogens with one attached hydrogen (secondary N) is 2. The van der Waals surface area contributed by atoms with Crippen molar-refractivity contribution in [3.05, 3.63) is 23.9 Å². The normalized spacial score (nSPS) is 18.4. The van der Waals surface area contributed by atoms with Crippen molar-refractivity contribution >= 4 is 11.8 Å². The molecule has 0 spiro atoms. The number of hydrazine groups is 1. The van der Waals surface area contributed by atoms with Crippen LogP contribution in [0.15, 0.2) is 18.3 Å². The van der Waals surface area contributed by atoms with E-state index in [1.54, 1.807) is 6.20 Å². The fourth-order valence-corrected chi connectivity index (χ4v) is 2.07. The first-order valence-corrected chi connectivity index (χ1v) is 5.59. The highest BCUT2D eigenvalue weighted by molar-refractivity contribution is 5.76. The third-order valence-corrected chi connectivity index (χ3v) is 3.03. The number of pyridine rings is 1. The highest BCUT2D eigenvalue weighted by Crippen LogP contribution is 2.35. The quantitative estimate of drug-likeness (QED) is 0.780. The molecule has 1 aliphatic heterocycles. The Labute approximate surface area is 101 Å². The van der Waals surface area contributed by atoms with Crippen LogP contribution in [0.25, 0.3) is 0 Å². The maximum Gasteiger partial charge on any atom is 0.311 e. The van der Waals surface area contributed by atoms with Crippen LogP contribution >= 0.6 is 0 Å². The van der Waals surface area contributed by atoms with Crippen LogP contribution in [-0.4, -0.2) is 18.1 Å². The van der Waals surface area contributed by atoms with E-state index in [4.69, 9.17) is 4.74 Å². The summed E-state index contributed by atoms with van der Waals surface area (Å²) in [5, 5.41) is 0. The van der Waals surface area contributed by atoms with Crippen LogP contribution in [0.4, 0.5) is 5.82 Å². The second-order valence-electron chi connectivity index (χ2n) is 4.84. The molecule has 5 nitrogen and oxygen atoms in total. The fraction of sp³-hybridized carbons (Fsp3) is 0.500. The number of fused-ring (bicyclic) bond motifs is 1.